The molecular formula is C16H13ClN4O2. The molecule has 0 saturated heterocycles. The minimum Gasteiger partial charge on any atom is -0.352 e. The highest BCUT2D eigenvalue weighted by Gasteiger charge is 2.22. The Balaban J connectivity index is 1.72. The first kappa shape index (κ1) is 14.0. The highest BCUT2D eigenvalue weighted by atomic mass is 35.5. The molecule has 23 heavy (non-hydrogen) atoms. The van der Waals surface area contributed by atoms with Gasteiger partial charge in [0.05, 0.1) is 5.02 Å². The van der Waals surface area contributed by atoms with Gasteiger partial charge in [-0.1, -0.05) is 35.0 Å². The summed E-state index contributed by atoms with van der Waals surface area (Å²) in [5.74, 6) is 0.810. The number of rotatable bonds is 2. The fourth-order valence-electron chi connectivity index (χ4n) is 2.63. The molecule has 2 N–H and O–H groups in total. The summed E-state index contributed by atoms with van der Waals surface area (Å²) in [5.41, 5.74) is 2.66. The lowest BCUT2D eigenvalue weighted by Gasteiger charge is -1.97. The zero-order chi connectivity index (χ0) is 15.8. The number of nitrogens with zero attached hydrogens (tertiary/aromatic N) is 2. The monoisotopic (exact) mass is 328 g/mol. The molecule has 7 heteroatoms. The lowest BCUT2D eigenvalue weighted by molar-refractivity contribution is 0.0951. The Kier molecular flexibility index (Phi) is 3.38. The van der Waals surface area contributed by atoms with Crippen molar-refractivity contribution in [1.29, 1.82) is 0 Å². The molecule has 0 fully saturated rings. The predicted molar refractivity (Wildman–Crippen MR) is 85.2 cm³/mol. The molecule has 3 aromatic rings. The van der Waals surface area contributed by atoms with E-state index in [9.17, 15) is 4.79 Å². The maximum absolute atomic E-state index is 12.0. The van der Waals surface area contributed by atoms with Gasteiger partial charge >= 0.3 is 0 Å². The number of nitrogens with one attached hydrogen (secondary N) is 2. The maximum Gasteiger partial charge on any atom is 0.271 e. The molecule has 0 saturated carbocycles. The number of benzene rings is 1. The third kappa shape index (κ3) is 2.51. The summed E-state index contributed by atoms with van der Waals surface area (Å²) in [7, 11) is 0. The zero-order valence-electron chi connectivity index (χ0n) is 12.1. The van der Waals surface area contributed by atoms with Crippen LogP contribution in [0.4, 0.5) is 0 Å². The third-order valence-electron chi connectivity index (χ3n) is 3.78. The standard InChI is InChI=1S/C16H13ClN4O2/c17-10-5-2-1-4-9(10)12-8-13(23-21-12)15-19-11-6-3-7-18-16(22)14(11)20-15/h1-2,4-5,8H,3,6-7H2,(H,18,22)(H,19,20). The summed E-state index contributed by atoms with van der Waals surface area (Å²) < 4.78 is 5.37. The average Bonchev–Trinajstić information content (AvgIpc) is 3.15. The van der Waals surface area contributed by atoms with Crippen LogP contribution in [-0.4, -0.2) is 27.6 Å². The Bertz CT molecular complexity index is 884. The van der Waals surface area contributed by atoms with Gasteiger partial charge in [0.2, 0.25) is 5.76 Å². The summed E-state index contributed by atoms with van der Waals surface area (Å²) in [6.07, 6.45) is 1.65. The molecule has 0 aliphatic carbocycles. The van der Waals surface area contributed by atoms with Crippen LogP contribution >= 0.6 is 11.6 Å². The molecule has 1 amide bonds. The smallest absolute Gasteiger partial charge is 0.271 e. The van der Waals surface area contributed by atoms with E-state index in [2.05, 4.69) is 20.4 Å². The fraction of sp³-hybridized carbons (Fsp3) is 0.188. The normalized spacial score (nSPS) is 14.2. The number of halogens is 1. The van der Waals surface area contributed by atoms with Crippen LogP contribution in [-0.2, 0) is 6.42 Å². The van der Waals surface area contributed by atoms with Crippen LogP contribution in [0.15, 0.2) is 34.9 Å². The molecule has 0 bridgehead atoms. The van der Waals surface area contributed by atoms with Crippen molar-refractivity contribution in [2.75, 3.05) is 6.54 Å². The summed E-state index contributed by atoms with van der Waals surface area (Å²) in [6.45, 7) is 0.664. The van der Waals surface area contributed by atoms with Crippen LogP contribution in [0.1, 0.15) is 22.6 Å². The molecule has 0 radical (unpaired) electrons. The second-order valence-electron chi connectivity index (χ2n) is 5.33. The number of imidazole rings is 1. The third-order valence-corrected chi connectivity index (χ3v) is 4.11. The van der Waals surface area contributed by atoms with Crippen molar-refractivity contribution in [2.24, 2.45) is 0 Å². The summed E-state index contributed by atoms with van der Waals surface area (Å²) in [6, 6.07) is 9.17. The minimum absolute atomic E-state index is 0.161. The van der Waals surface area contributed by atoms with E-state index in [-0.39, 0.29) is 5.91 Å². The summed E-state index contributed by atoms with van der Waals surface area (Å²) in [5, 5.41) is 7.47. The van der Waals surface area contributed by atoms with Gasteiger partial charge in [-0.3, -0.25) is 4.79 Å². The highest BCUT2D eigenvalue weighted by molar-refractivity contribution is 6.33. The highest BCUT2D eigenvalue weighted by Crippen LogP contribution is 2.30. The quantitative estimate of drug-likeness (QED) is 0.757. The van der Waals surface area contributed by atoms with E-state index in [4.69, 9.17) is 16.1 Å². The number of hydrogen-bond donors (Lipinski definition) is 2. The van der Waals surface area contributed by atoms with Crippen molar-refractivity contribution in [3.8, 4) is 22.8 Å². The first-order valence-electron chi connectivity index (χ1n) is 7.31. The number of fused-ring (bicyclic) bond motifs is 1. The minimum atomic E-state index is -0.161. The Morgan fingerprint density at radius 2 is 2.13 bits per heavy atom. The van der Waals surface area contributed by atoms with E-state index < -0.39 is 0 Å². The number of carbonyl (C=O) groups excluding carboxylic acids is 1. The molecule has 1 aliphatic rings. The number of H-pyrrole nitrogens is 1. The Morgan fingerprint density at radius 1 is 1.26 bits per heavy atom. The number of carbonyl (C=O) groups is 1. The largest absolute Gasteiger partial charge is 0.352 e. The van der Waals surface area contributed by atoms with Gasteiger partial charge in [0, 0.05) is 23.9 Å². The summed E-state index contributed by atoms with van der Waals surface area (Å²) >= 11 is 6.18. The number of aromatic amines is 1. The first-order valence-corrected chi connectivity index (χ1v) is 7.69. The van der Waals surface area contributed by atoms with Crippen LogP contribution in [0.5, 0.6) is 0 Å². The number of amides is 1. The second-order valence-corrected chi connectivity index (χ2v) is 5.74. The molecule has 1 aromatic carbocycles. The molecule has 6 nitrogen and oxygen atoms in total. The van der Waals surface area contributed by atoms with Crippen molar-refractivity contribution in [3.05, 3.63) is 46.7 Å². The number of aryl methyl sites for hydroxylation is 1. The van der Waals surface area contributed by atoms with Gasteiger partial charge in [-0.05, 0) is 18.9 Å². The molecule has 0 unspecified atom stereocenters. The van der Waals surface area contributed by atoms with E-state index in [1.54, 1.807) is 12.1 Å². The Labute approximate surface area is 136 Å². The number of hydrogen-bond acceptors (Lipinski definition) is 4. The van der Waals surface area contributed by atoms with Crippen LogP contribution in [0.2, 0.25) is 5.02 Å². The average molecular weight is 329 g/mol. The fourth-order valence-corrected chi connectivity index (χ4v) is 2.86. The van der Waals surface area contributed by atoms with Crippen molar-refractivity contribution in [3.63, 3.8) is 0 Å². The van der Waals surface area contributed by atoms with Gasteiger partial charge in [0.25, 0.3) is 5.91 Å². The molecule has 2 aromatic heterocycles. The maximum atomic E-state index is 12.0. The topological polar surface area (TPSA) is 83.8 Å². The second kappa shape index (κ2) is 5.55. The van der Waals surface area contributed by atoms with Crippen molar-refractivity contribution in [1.82, 2.24) is 20.4 Å². The lowest BCUT2D eigenvalue weighted by Crippen LogP contribution is -2.23. The Morgan fingerprint density at radius 3 is 3.00 bits per heavy atom. The van der Waals surface area contributed by atoms with Crippen molar-refractivity contribution < 1.29 is 9.32 Å². The van der Waals surface area contributed by atoms with E-state index in [0.29, 0.717) is 34.5 Å². The zero-order valence-corrected chi connectivity index (χ0v) is 12.9. The van der Waals surface area contributed by atoms with E-state index >= 15 is 0 Å². The van der Waals surface area contributed by atoms with Crippen molar-refractivity contribution >= 4 is 17.5 Å². The van der Waals surface area contributed by atoms with Crippen LogP contribution in [0.3, 0.4) is 0 Å². The molecule has 3 heterocycles. The molecule has 116 valence electrons. The van der Waals surface area contributed by atoms with Gasteiger partial charge < -0.3 is 14.8 Å². The van der Waals surface area contributed by atoms with Gasteiger partial charge in [-0.15, -0.1) is 0 Å². The first-order chi connectivity index (χ1) is 11.2. The van der Waals surface area contributed by atoms with E-state index in [1.165, 1.54) is 0 Å². The summed E-state index contributed by atoms with van der Waals surface area (Å²) in [4.78, 5) is 19.5. The van der Waals surface area contributed by atoms with E-state index in [1.807, 2.05) is 18.2 Å². The van der Waals surface area contributed by atoms with Gasteiger partial charge in [0.1, 0.15) is 11.4 Å². The number of aromatic nitrogens is 3. The molecule has 1 aliphatic heterocycles. The molecule has 0 atom stereocenters. The Hall–Kier alpha value is -2.60. The lowest BCUT2D eigenvalue weighted by atomic mass is 10.1. The predicted octanol–water partition coefficient (Wildman–Crippen LogP) is 3.06. The van der Waals surface area contributed by atoms with Crippen LogP contribution in [0, 0.1) is 0 Å². The van der Waals surface area contributed by atoms with E-state index in [0.717, 1.165) is 24.1 Å². The molecule has 0 spiro atoms. The molecular weight excluding hydrogens is 316 g/mol. The van der Waals surface area contributed by atoms with Crippen LogP contribution in [0.25, 0.3) is 22.8 Å². The van der Waals surface area contributed by atoms with Gasteiger partial charge in [0.15, 0.2) is 5.82 Å². The SMILES string of the molecule is O=C1NCCCc2[nH]c(-c3cc(-c4ccccc4Cl)no3)nc21. The van der Waals surface area contributed by atoms with Gasteiger partial charge in [-0.2, -0.15) is 0 Å². The van der Waals surface area contributed by atoms with Crippen molar-refractivity contribution in [2.45, 2.75) is 12.8 Å². The molecule has 4 rings (SSSR count). The van der Waals surface area contributed by atoms with Gasteiger partial charge in [-0.25, -0.2) is 4.98 Å². The van der Waals surface area contributed by atoms with Crippen LogP contribution < -0.4 is 5.32 Å².